The molecule has 24 heavy (non-hydrogen) atoms. The molecule has 1 aliphatic rings. The summed E-state index contributed by atoms with van der Waals surface area (Å²) in [7, 11) is 1.51. The van der Waals surface area contributed by atoms with Gasteiger partial charge in [0.2, 0.25) is 17.7 Å². The molecule has 6 nitrogen and oxygen atoms in total. The number of amides is 1. The average Bonchev–Trinajstić information content (AvgIpc) is 2.59. The predicted molar refractivity (Wildman–Crippen MR) is 82.6 cm³/mol. The summed E-state index contributed by atoms with van der Waals surface area (Å²) in [5.41, 5.74) is 0.288. The van der Waals surface area contributed by atoms with Crippen LogP contribution in [-0.4, -0.2) is 47.5 Å². The predicted octanol–water partition coefficient (Wildman–Crippen LogP) is 1.61. The van der Waals surface area contributed by atoms with Crippen LogP contribution < -0.4 is 9.64 Å². The van der Waals surface area contributed by atoms with Gasteiger partial charge in [-0.1, -0.05) is 6.07 Å². The summed E-state index contributed by atoms with van der Waals surface area (Å²) >= 11 is 0. The molecule has 126 valence electrons. The number of rotatable bonds is 4. The Hall–Kier alpha value is -2.77. The maximum absolute atomic E-state index is 13.7. The van der Waals surface area contributed by atoms with Crippen LogP contribution in [0.1, 0.15) is 5.56 Å². The van der Waals surface area contributed by atoms with Gasteiger partial charge in [-0.2, -0.15) is 4.98 Å². The zero-order valence-electron chi connectivity index (χ0n) is 13.1. The third-order valence-corrected chi connectivity index (χ3v) is 3.80. The lowest BCUT2D eigenvalue weighted by atomic mass is 10.1. The van der Waals surface area contributed by atoms with E-state index >= 15 is 0 Å². The lowest BCUT2D eigenvalue weighted by molar-refractivity contribution is -0.131. The smallest absolute Gasteiger partial charge is 0.242 e. The topological polar surface area (TPSA) is 58.6 Å². The molecular formula is C16H16F2N4O2. The van der Waals surface area contributed by atoms with E-state index in [4.69, 9.17) is 4.74 Å². The molecule has 0 N–H and O–H groups in total. The SMILES string of the molecule is COc1ccnc(N2CCN(Cc3ccc(F)cc3F)C(=O)C2)n1. The minimum Gasteiger partial charge on any atom is -0.481 e. The fraction of sp³-hybridized carbons (Fsp3) is 0.312. The summed E-state index contributed by atoms with van der Waals surface area (Å²) < 4.78 is 31.7. The van der Waals surface area contributed by atoms with Crippen LogP contribution >= 0.6 is 0 Å². The molecule has 3 rings (SSSR count). The minimum atomic E-state index is -0.652. The second-order valence-corrected chi connectivity index (χ2v) is 5.37. The van der Waals surface area contributed by atoms with Crippen LogP contribution in [0.4, 0.5) is 14.7 Å². The molecule has 1 aromatic carbocycles. The molecule has 1 saturated heterocycles. The molecule has 0 spiro atoms. The first-order valence-electron chi connectivity index (χ1n) is 7.40. The molecule has 8 heteroatoms. The van der Waals surface area contributed by atoms with E-state index in [2.05, 4.69) is 9.97 Å². The molecule has 0 atom stereocenters. The van der Waals surface area contributed by atoms with Crippen molar-refractivity contribution in [1.82, 2.24) is 14.9 Å². The van der Waals surface area contributed by atoms with Gasteiger partial charge in [-0.05, 0) is 6.07 Å². The van der Waals surface area contributed by atoms with Crippen LogP contribution in [0.25, 0.3) is 0 Å². The Bertz CT molecular complexity index is 757. The van der Waals surface area contributed by atoms with E-state index in [9.17, 15) is 13.6 Å². The van der Waals surface area contributed by atoms with E-state index in [-0.39, 0.29) is 24.6 Å². The molecular weight excluding hydrogens is 318 g/mol. The van der Waals surface area contributed by atoms with Crippen LogP contribution in [0.5, 0.6) is 5.88 Å². The van der Waals surface area contributed by atoms with E-state index in [1.54, 1.807) is 17.2 Å². The van der Waals surface area contributed by atoms with Crippen LogP contribution in [0.3, 0.4) is 0 Å². The van der Waals surface area contributed by atoms with Gasteiger partial charge in [0, 0.05) is 43.5 Å². The van der Waals surface area contributed by atoms with E-state index in [1.165, 1.54) is 24.1 Å². The zero-order chi connectivity index (χ0) is 17.1. The fourth-order valence-electron chi connectivity index (χ4n) is 2.50. The number of anilines is 1. The van der Waals surface area contributed by atoms with Crippen molar-refractivity contribution in [3.63, 3.8) is 0 Å². The Morgan fingerprint density at radius 2 is 2.08 bits per heavy atom. The third kappa shape index (κ3) is 3.42. The van der Waals surface area contributed by atoms with Crippen molar-refractivity contribution in [2.24, 2.45) is 0 Å². The van der Waals surface area contributed by atoms with Crippen molar-refractivity contribution in [3.8, 4) is 5.88 Å². The van der Waals surface area contributed by atoms with Gasteiger partial charge in [-0.25, -0.2) is 13.8 Å². The largest absolute Gasteiger partial charge is 0.481 e. The molecule has 0 unspecified atom stereocenters. The number of hydrogen-bond acceptors (Lipinski definition) is 5. The molecule has 1 aliphatic heterocycles. The Balaban J connectivity index is 1.68. The van der Waals surface area contributed by atoms with Crippen LogP contribution in [0, 0.1) is 11.6 Å². The second-order valence-electron chi connectivity index (χ2n) is 5.37. The monoisotopic (exact) mass is 334 g/mol. The highest BCUT2D eigenvalue weighted by atomic mass is 19.1. The number of carbonyl (C=O) groups is 1. The molecule has 0 aliphatic carbocycles. The number of hydrogen-bond donors (Lipinski definition) is 0. The molecule has 2 heterocycles. The second kappa shape index (κ2) is 6.77. The molecule has 0 bridgehead atoms. The number of methoxy groups -OCH3 is 1. The number of carbonyl (C=O) groups excluding carboxylic acids is 1. The van der Waals surface area contributed by atoms with Gasteiger partial charge in [0.1, 0.15) is 18.2 Å². The summed E-state index contributed by atoms with van der Waals surface area (Å²) in [5.74, 6) is -0.626. The maximum Gasteiger partial charge on any atom is 0.242 e. The summed E-state index contributed by atoms with van der Waals surface area (Å²) in [4.78, 5) is 23.9. The highest BCUT2D eigenvalue weighted by molar-refractivity contribution is 5.82. The van der Waals surface area contributed by atoms with Crippen molar-refractivity contribution in [3.05, 3.63) is 47.7 Å². The van der Waals surface area contributed by atoms with Gasteiger partial charge in [0.05, 0.1) is 7.11 Å². The number of nitrogens with zero attached hydrogens (tertiary/aromatic N) is 4. The van der Waals surface area contributed by atoms with Crippen molar-refractivity contribution in [2.75, 3.05) is 31.6 Å². The van der Waals surface area contributed by atoms with Gasteiger partial charge in [-0.3, -0.25) is 4.79 Å². The standard InChI is InChI=1S/C16H16F2N4O2/c1-24-14-4-5-19-16(20-14)22-7-6-21(15(23)10-22)9-11-2-3-12(17)8-13(11)18/h2-5,8H,6-7,9-10H2,1H3. The molecule has 0 saturated carbocycles. The van der Waals surface area contributed by atoms with Crippen LogP contribution in [-0.2, 0) is 11.3 Å². The van der Waals surface area contributed by atoms with Gasteiger partial charge in [0.25, 0.3) is 0 Å². The quantitative estimate of drug-likeness (QED) is 0.850. The van der Waals surface area contributed by atoms with E-state index in [0.717, 1.165) is 6.07 Å². The Morgan fingerprint density at radius 3 is 2.79 bits per heavy atom. The number of ether oxygens (including phenoxy) is 1. The molecule has 0 radical (unpaired) electrons. The highest BCUT2D eigenvalue weighted by Gasteiger charge is 2.26. The lowest BCUT2D eigenvalue weighted by Gasteiger charge is -2.34. The Labute approximate surface area is 137 Å². The maximum atomic E-state index is 13.7. The van der Waals surface area contributed by atoms with E-state index in [1.807, 2.05) is 0 Å². The average molecular weight is 334 g/mol. The van der Waals surface area contributed by atoms with Gasteiger partial charge >= 0.3 is 0 Å². The first-order chi connectivity index (χ1) is 11.6. The Kier molecular flexibility index (Phi) is 4.54. The molecule has 1 fully saturated rings. The van der Waals surface area contributed by atoms with Crippen molar-refractivity contribution in [2.45, 2.75) is 6.54 Å². The normalized spacial score (nSPS) is 14.9. The lowest BCUT2D eigenvalue weighted by Crippen LogP contribution is -2.50. The van der Waals surface area contributed by atoms with Crippen molar-refractivity contribution >= 4 is 11.9 Å². The van der Waals surface area contributed by atoms with Crippen LogP contribution in [0.2, 0.25) is 0 Å². The van der Waals surface area contributed by atoms with Gasteiger partial charge in [-0.15, -0.1) is 0 Å². The summed E-state index contributed by atoms with van der Waals surface area (Å²) in [6, 6.07) is 4.98. The third-order valence-electron chi connectivity index (χ3n) is 3.80. The highest BCUT2D eigenvalue weighted by Crippen LogP contribution is 2.18. The fourth-order valence-corrected chi connectivity index (χ4v) is 2.50. The number of benzene rings is 1. The summed E-state index contributed by atoms with van der Waals surface area (Å²) in [5, 5.41) is 0. The minimum absolute atomic E-state index is 0.0932. The first kappa shape index (κ1) is 16.1. The number of piperazine rings is 1. The summed E-state index contributed by atoms with van der Waals surface area (Å²) in [6.45, 7) is 1.12. The van der Waals surface area contributed by atoms with Gasteiger partial charge < -0.3 is 14.5 Å². The first-order valence-corrected chi connectivity index (χ1v) is 7.40. The van der Waals surface area contributed by atoms with Crippen LogP contribution in [0.15, 0.2) is 30.5 Å². The van der Waals surface area contributed by atoms with E-state index < -0.39 is 11.6 Å². The van der Waals surface area contributed by atoms with E-state index in [0.29, 0.717) is 24.9 Å². The van der Waals surface area contributed by atoms with Gasteiger partial charge in [0.15, 0.2) is 0 Å². The molecule has 2 aromatic rings. The van der Waals surface area contributed by atoms with Crippen molar-refractivity contribution in [1.29, 1.82) is 0 Å². The zero-order valence-corrected chi connectivity index (χ0v) is 13.1. The Morgan fingerprint density at radius 1 is 1.25 bits per heavy atom. The number of halogens is 2. The molecule has 1 aromatic heterocycles. The summed E-state index contributed by atoms with van der Waals surface area (Å²) in [6.07, 6.45) is 1.56. The molecule has 1 amide bonds. The van der Waals surface area contributed by atoms with Crippen molar-refractivity contribution < 1.29 is 18.3 Å². The number of aromatic nitrogens is 2.